The minimum absolute atomic E-state index is 0.00131. The van der Waals surface area contributed by atoms with Gasteiger partial charge in [-0.25, -0.2) is 9.78 Å². The average molecular weight is 665 g/mol. The van der Waals surface area contributed by atoms with E-state index in [0.717, 1.165) is 21.3 Å². The maximum atomic E-state index is 13.4. The Kier molecular flexibility index (Phi) is 7.86. The van der Waals surface area contributed by atoms with Crippen LogP contribution < -0.4 is 25.4 Å². The lowest BCUT2D eigenvalue weighted by atomic mass is 9.94. The Morgan fingerprint density at radius 2 is 1.91 bits per heavy atom. The number of nitrogens with one attached hydrogen (secondary N) is 2. The van der Waals surface area contributed by atoms with Gasteiger partial charge in [0.15, 0.2) is 10.3 Å². The van der Waals surface area contributed by atoms with Crippen molar-refractivity contribution in [3.05, 3.63) is 93.9 Å². The molecule has 0 fully saturated rings. The number of benzene rings is 3. The van der Waals surface area contributed by atoms with Gasteiger partial charge in [0.2, 0.25) is 5.88 Å². The first-order valence-electron chi connectivity index (χ1n) is 14.3. The summed E-state index contributed by atoms with van der Waals surface area (Å²) in [6.45, 7) is 1.00. The quantitative estimate of drug-likeness (QED) is 0.139. The number of ether oxygens (including phenoxy) is 2. The Morgan fingerprint density at radius 3 is 2.70 bits per heavy atom. The molecule has 0 spiro atoms. The van der Waals surface area contributed by atoms with Gasteiger partial charge in [0.05, 0.1) is 10.2 Å². The van der Waals surface area contributed by atoms with Crippen LogP contribution in [0.4, 0.5) is 20.9 Å². The van der Waals surface area contributed by atoms with E-state index in [9.17, 15) is 20.0 Å². The zero-order valence-electron chi connectivity index (χ0n) is 24.4. The highest BCUT2D eigenvalue weighted by Crippen LogP contribution is 2.36. The smallest absolute Gasteiger partial charge is 0.488 e. The summed E-state index contributed by atoms with van der Waals surface area (Å²) in [5.74, 6) is 0.377. The lowest BCUT2D eigenvalue weighted by molar-refractivity contribution is 0.102. The summed E-state index contributed by atoms with van der Waals surface area (Å²) >= 11 is 2.67. The number of H-pyrrole nitrogens is 1. The zero-order chi connectivity index (χ0) is 32.5. The number of carbonyl (C=O) groups excluding carboxylic acids is 1. The molecule has 0 aliphatic carbocycles. The number of nitrogens with zero attached hydrogens (tertiary/aromatic N) is 5. The average Bonchev–Trinajstić information content (AvgIpc) is 3.79. The molecule has 1 amide bonds. The largest absolute Gasteiger partial charge is 0.512 e. The van der Waals surface area contributed by atoms with Crippen LogP contribution in [0.3, 0.4) is 0 Å². The number of amides is 1. The van der Waals surface area contributed by atoms with E-state index in [0.29, 0.717) is 57.2 Å². The summed E-state index contributed by atoms with van der Waals surface area (Å²) in [4.78, 5) is 36.4. The number of hydrogen-bond donors (Lipinski definition) is 4. The summed E-state index contributed by atoms with van der Waals surface area (Å²) < 4.78 is 12.0. The fourth-order valence-electron chi connectivity index (χ4n) is 5.30. The van der Waals surface area contributed by atoms with Crippen LogP contribution in [-0.4, -0.2) is 43.9 Å². The molecule has 4 heterocycles. The van der Waals surface area contributed by atoms with Gasteiger partial charge in [-0.2, -0.15) is 15.3 Å². The number of fused-ring (bicyclic) bond motifs is 2. The Morgan fingerprint density at radius 1 is 1.09 bits per heavy atom. The molecular weight excluding hydrogens is 641 g/mol. The number of anilines is 3. The fraction of sp³-hybridized carbons (Fsp3) is 0.125. The number of hydrogen-bond acceptors (Lipinski definition) is 12. The highest BCUT2D eigenvalue weighted by molar-refractivity contribution is 7.22. The predicted molar refractivity (Wildman–Crippen MR) is 177 cm³/mol. The molecule has 0 bridgehead atoms. The SMILES string of the molecule is N#Cc1c(-c2ccc(OCc3sc(N4CCc5cccc(C(=O)Nc6nc7ccccc7s6)c5C4)nc3OC(=O)O)cc2)n[nH]c1N. The van der Waals surface area contributed by atoms with E-state index in [1.165, 1.54) is 22.7 Å². The van der Waals surface area contributed by atoms with E-state index in [2.05, 4.69) is 25.5 Å². The van der Waals surface area contributed by atoms with E-state index >= 15 is 0 Å². The van der Waals surface area contributed by atoms with Gasteiger partial charge in [-0.15, -0.1) is 0 Å². The molecule has 15 heteroatoms. The van der Waals surface area contributed by atoms with Crippen molar-refractivity contribution in [1.82, 2.24) is 20.2 Å². The van der Waals surface area contributed by atoms with Crippen LogP contribution in [0.25, 0.3) is 21.5 Å². The Balaban J connectivity index is 1.08. The molecule has 0 saturated carbocycles. The first-order chi connectivity index (χ1) is 22.9. The van der Waals surface area contributed by atoms with Gasteiger partial charge in [0, 0.05) is 24.2 Å². The highest BCUT2D eigenvalue weighted by Gasteiger charge is 2.27. The molecular formula is C32H24N8O5S2. The fourth-order valence-corrected chi connectivity index (χ4v) is 7.08. The number of nitriles is 1. The minimum Gasteiger partial charge on any atom is -0.488 e. The monoisotopic (exact) mass is 664 g/mol. The second kappa shape index (κ2) is 12.4. The number of thiazole rings is 2. The number of aromatic amines is 1. The summed E-state index contributed by atoms with van der Waals surface area (Å²) in [5.41, 5.74) is 10.4. The van der Waals surface area contributed by atoms with Gasteiger partial charge >= 0.3 is 6.16 Å². The van der Waals surface area contributed by atoms with E-state index in [4.69, 9.17) is 15.2 Å². The molecule has 3 aromatic heterocycles. The predicted octanol–water partition coefficient (Wildman–Crippen LogP) is 6.05. The third-order valence-corrected chi connectivity index (χ3v) is 9.56. The second-order valence-corrected chi connectivity index (χ2v) is 12.5. The number of aromatic nitrogens is 4. The van der Waals surface area contributed by atoms with Crippen molar-refractivity contribution in [2.75, 3.05) is 22.5 Å². The number of carboxylic acid groups (broad SMARTS) is 1. The number of para-hydroxylation sites is 1. The third-order valence-electron chi connectivity index (χ3n) is 7.54. The van der Waals surface area contributed by atoms with E-state index in [-0.39, 0.29) is 29.8 Å². The van der Waals surface area contributed by atoms with Crippen molar-refractivity contribution in [2.24, 2.45) is 0 Å². The van der Waals surface area contributed by atoms with Crippen LogP contribution in [0.5, 0.6) is 11.6 Å². The first-order valence-corrected chi connectivity index (χ1v) is 15.9. The van der Waals surface area contributed by atoms with Crippen LogP contribution in [0.2, 0.25) is 0 Å². The summed E-state index contributed by atoms with van der Waals surface area (Å²) in [5, 5.41) is 29.5. The zero-order valence-corrected chi connectivity index (χ0v) is 26.0. The molecule has 1 aliphatic heterocycles. The van der Waals surface area contributed by atoms with Gasteiger partial charge in [0.1, 0.15) is 40.4 Å². The van der Waals surface area contributed by atoms with E-state index in [1.807, 2.05) is 47.4 Å². The lowest BCUT2D eigenvalue weighted by Gasteiger charge is -2.29. The molecule has 7 rings (SSSR count). The topological polar surface area (TPSA) is 192 Å². The lowest BCUT2D eigenvalue weighted by Crippen LogP contribution is -2.32. The van der Waals surface area contributed by atoms with Crippen LogP contribution in [0, 0.1) is 11.3 Å². The van der Waals surface area contributed by atoms with Gasteiger partial charge in [-0.3, -0.25) is 15.2 Å². The van der Waals surface area contributed by atoms with Gasteiger partial charge in [0.25, 0.3) is 5.91 Å². The number of carbonyl (C=O) groups is 2. The second-order valence-electron chi connectivity index (χ2n) is 10.4. The van der Waals surface area contributed by atoms with Crippen molar-refractivity contribution in [3.8, 4) is 29.0 Å². The van der Waals surface area contributed by atoms with Crippen LogP contribution >= 0.6 is 22.7 Å². The summed E-state index contributed by atoms with van der Waals surface area (Å²) in [7, 11) is 0. The molecule has 234 valence electrons. The van der Waals surface area contributed by atoms with E-state index in [1.54, 1.807) is 30.3 Å². The maximum absolute atomic E-state index is 13.4. The van der Waals surface area contributed by atoms with Crippen molar-refractivity contribution in [2.45, 2.75) is 19.6 Å². The molecule has 3 aromatic carbocycles. The van der Waals surface area contributed by atoms with Gasteiger partial charge in [-0.1, -0.05) is 46.9 Å². The molecule has 0 saturated heterocycles. The number of nitrogen functional groups attached to an aromatic ring is 1. The molecule has 6 aromatic rings. The molecule has 13 nitrogen and oxygen atoms in total. The van der Waals surface area contributed by atoms with Gasteiger partial charge in [-0.05, 0) is 60.0 Å². The molecule has 0 atom stereocenters. The van der Waals surface area contributed by atoms with Crippen molar-refractivity contribution in [3.63, 3.8) is 0 Å². The van der Waals surface area contributed by atoms with Gasteiger partial charge < -0.3 is 25.2 Å². The normalized spacial score (nSPS) is 12.4. The minimum atomic E-state index is -1.49. The first kappa shape index (κ1) is 29.7. The Hall–Kier alpha value is -5.98. The summed E-state index contributed by atoms with van der Waals surface area (Å²) in [6.07, 6.45) is -0.823. The number of rotatable bonds is 8. The van der Waals surface area contributed by atoms with Crippen LogP contribution in [0.15, 0.2) is 66.7 Å². The molecule has 1 aliphatic rings. The van der Waals surface area contributed by atoms with Crippen molar-refractivity contribution < 1.29 is 24.2 Å². The Bertz CT molecular complexity index is 2150. The van der Waals surface area contributed by atoms with Crippen LogP contribution in [0.1, 0.15) is 31.9 Å². The molecule has 47 heavy (non-hydrogen) atoms. The van der Waals surface area contributed by atoms with Crippen LogP contribution in [-0.2, 0) is 19.6 Å². The van der Waals surface area contributed by atoms with E-state index < -0.39 is 6.16 Å². The maximum Gasteiger partial charge on any atom is 0.512 e. The highest BCUT2D eigenvalue weighted by atomic mass is 32.1. The Labute approximate surface area is 274 Å². The molecule has 5 N–H and O–H groups in total. The number of nitrogens with two attached hydrogens (primary N) is 1. The van der Waals surface area contributed by atoms with Crippen molar-refractivity contribution >= 4 is 61.0 Å². The summed E-state index contributed by atoms with van der Waals surface area (Å²) in [6, 6.07) is 22.3. The third kappa shape index (κ3) is 6.02. The molecule has 0 unspecified atom stereocenters. The van der Waals surface area contributed by atoms with Crippen molar-refractivity contribution in [1.29, 1.82) is 5.26 Å². The molecule has 0 radical (unpaired) electrons. The standard InChI is InChI=1S/C32H24N8O5S2/c33-14-21-26(38-39-27(21)34)18-8-10-19(11-9-18)44-16-25-29(45-32(42)43)37-31(47-25)40-13-12-17-4-3-5-20(22(17)15-40)28(41)36-30-35-23-6-1-2-7-24(23)46-30/h1-11H,12-13,15-16H2,(H,42,43)(H3,34,38,39)(H,35,36,41).